The van der Waals surface area contributed by atoms with Crippen LogP contribution in [0.3, 0.4) is 0 Å². The van der Waals surface area contributed by atoms with Crippen LogP contribution in [0.5, 0.6) is 0 Å². The number of carbonyl (C=O) groups is 2. The van der Waals surface area contributed by atoms with E-state index in [9.17, 15) is 9.59 Å². The molecule has 0 N–H and O–H groups in total. The van der Waals surface area contributed by atoms with Gasteiger partial charge in [0.1, 0.15) is 12.7 Å². The van der Waals surface area contributed by atoms with Gasteiger partial charge in [-0.3, -0.25) is 9.59 Å². The van der Waals surface area contributed by atoms with E-state index in [1.54, 1.807) is 0 Å². The first-order chi connectivity index (χ1) is 10.2. The lowest BCUT2D eigenvalue weighted by Gasteiger charge is -2.26. The van der Waals surface area contributed by atoms with E-state index in [-0.39, 0.29) is 52.2 Å². The van der Waals surface area contributed by atoms with Crippen LogP contribution >= 0.6 is 22.6 Å². The molecule has 5 heteroatoms. The number of rotatable bonds is 3. The van der Waals surface area contributed by atoms with Crippen LogP contribution in [0, 0.1) is 23.7 Å². The summed E-state index contributed by atoms with van der Waals surface area (Å²) in [6, 6.07) is 9.61. The van der Waals surface area contributed by atoms with Gasteiger partial charge in [-0.25, -0.2) is 0 Å². The molecule has 1 aromatic rings. The predicted octanol–water partition coefficient (Wildman–Crippen LogP) is 2.34. The van der Waals surface area contributed by atoms with Gasteiger partial charge in [-0.15, -0.1) is 0 Å². The topological polar surface area (TPSA) is 52.6 Å². The number of hydrogen-bond acceptors (Lipinski definition) is 4. The number of halogens is 1. The molecule has 2 bridgehead atoms. The number of fused-ring (bicyclic) bond motifs is 1. The van der Waals surface area contributed by atoms with Crippen LogP contribution in [0.4, 0.5) is 0 Å². The molecular formula is C16H15IO4. The Balaban J connectivity index is 1.49. The van der Waals surface area contributed by atoms with E-state index in [1.165, 1.54) is 0 Å². The molecule has 6 atom stereocenters. The molecule has 4 nitrogen and oxygen atoms in total. The second-order valence-electron chi connectivity index (χ2n) is 6.05. The highest BCUT2D eigenvalue weighted by Gasteiger charge is 2.68. The van der Waals surface area contributed by atoms with Gasteiger partial charge in [0, 0.05) is 5.92 Å². The highest BCUT2D eigenvalue weighted by Crippen LogP contribution is 2.60. The van der Waals surface area contributed by atoms with Gasteiger partial charge in [0.2, 0.25) is 0 Å². The smallest absolute Gasteiger partial charge is 0.310 e. The van der Waals surface area contributed by atoms with Crippen LogP contribution in [0.15, 0.2) is 30.3 Å². The fourth-order valence-corrected chi connectivity index (χ4v) is 5.54. The molecule has 3 aliphatic rings. The lowest BCUT2D eigenvalue weighted by atomic mass is 9.80. The highest BCUT2D eigenvalue weighted by molar-refractivity contribution is 14.1. The Morgan fingerprint density at radius 2 is 2.05 bits per heavy atom. The van der Waals surface area contributed by atoms with Crippen molar-refractivity contribution in [1.82, 2.24) is 0 Å². The van der Waals surface area contributed by atoms with Crippen LogP contribution in [0.1, 0.15) is 12.0 Å². The maximum Gasteiger partial charge on any atom is 0.310 e. The molecule has 1 saturated heterocycles. The Labute approximate surface area is 136 Å². The van der Waals surface area contributed by atoms with E-state index < -0.39 is 0 Å². The molecule has 4 rings (SSSR count). The third-order valence-electron chi connectivity index (χ3n) is 5.02. The van der Waals surface area contributed by atoms with Gasteiger partial charge in [0.25, 0.3) is 0 Å². The molecule has 21 heavy (non-hydrogen) atoms. The van der Waals surface area contributed by atoms with Crippen LogP contribution in [0.25, 0.3) is 0 Å². The molecule has 0 radical (unpaired) electrons. The van der Waals surface area contributed by atoms with Crippen LogP contribution in [-0.4, -0.2) is 22.0 Å². The minimum atomic E-state index is -0.313. The summed E-state index contributed by atoms with van der Waals surface area (Å²) in [4.78, 5) is 24.4. The SMILES string of the molecule is O=C1OC2[C@H]3C[C@H]([C@@H]2I)[C@H](C(=O)OCc2ccccc2)C13. The molecule has 2 unspecified atom stereocenters. The highest BCUT2D eigenvalue weighted by atomic mass is 127. The Kier molecular flexibility index (Phi) is 3.20. The molecule has 2 aliphatic carbocycles. The van der Waals surface area contributed by atoms with Crippen molar-refractivity contribution in [3.8, 4) is 0 Å². The van der Waals surface area contributed by atoms with E-state index in [0.29, 0.717) is 0 Å². The summed E-state index contributed by atoms with van der Waals surface area (Å²) in [5.41, 5.74) is 0.965. The molecule has 2 saturated carbocycles. The van der Waals surface area contributed by atoms with E-state index in [0.717, 1.165) is 12.0 Å². The van der Waals surface area contributed by atoms with E-state index in [1.807, 2.05) is 30.3 Å². The van der Waals surface area contributed by atoms with Crippen molar-refractivity contribution >= 4 is 34.5 Å². The molecule has 1 aliphatic heterocycles. The monoisotopic (exact) mass is 398 g/mol. The number of alkyl halides is 1. The number of ether oxygens (including phenoxy) is 2. The van der Waals surface area contributed by atoms with Gasteiger partial charge in [0.05, 0.1) is 15.8 Å². The lowest BCUT2D eigenvalue weighted by molar-refractivity contribution is -0.156. The fraction of sp³-hybridized carbons (Fsp3) is 0.500. The van der Waals surface area contributed by atoms with E-state index in [2.05, 4.69) is 22.6 Å². The quantitative estimate of drug-likeness (QED) is 0.446. The fourth-order valence-electron chi connectivity index (χ4n) is 4.12. The number of esters is 2. The van der Waals surface area contributed by atoms with E-state index >= 15 is 0 Å². The van der Waals surface area contributed by atoms with Crippen LogP contribution < -0.4 is 0 Å². The van der Waals surface area contributed by atoms with Crippen molar-refractivity contribution in [3.63, 3.8) is 0 Å². The van der Waals surface area contributed by atoms with Crippen molar-refractivity contribution in [1.29, 1.82) is 0 Å². The van der Waals surface area contributed by atoms with Crippen molar-refractivity contribution < 1.29 is 19.1 Å². The van der Waals surface area contributed by atoms with Gasteiger partial charge >= 0.3 is 11.9 Å². The maximum absolute atomic E-state index is 12.5. The summed E-state index contributed by atoms with van der Waals surface area (Å²) in [7, 11) is 0. The average molecular weight is 398 g/mol. The summed E-state index contributed by atoms with van der Waals surface area (Å²) in [6.45, 7) is 0.269. The van der Waals surface area contributed by atoms with Crippen molar-refractivity contribution in [2.24, 2.45) is 23.7 Å². The summed E-state index contributed by atoms with van der Waals surface area (Å²) >= 11 is 2.33. The molecule has 110 valence electrons. The first-order valence-electron chi connectivity index (χ1n) is 7.22. The Hall–Kier alpha value is -1.11. The van der Waals surface area contributed by atoms with Crippen LogP contribution in [0.2, 0.25) is 0 Å². The zero-order valence-electron chi connectivity index (χ0n) is 11.3. The Morgan fingerprint density at radius 1 is 1.29 bits per heavy atom. The van der Waals surface area contributed by atoms with Gasteiger partial charge in [-0.05, 0) is 17.9 Å². The first-order valence-corrected chi connectivity index (χ1v) is 8.46. The van der Waals surface area contributed by atoms with Gasteiger partial charge in [-0.1, -0.05) is 52.9 Å². The molecule has 0 aromatic heterocycles. The minimum absolute atomic E-state index is 0.0197. The summed E-state index contributed by atoms with van der Waals surface area (Å²) in [6.07, 6.45) is 0.936. The van der Waals surface area contributed by atoms with Gasteiger partial charge in [-0.2, -0.15) is 0 Å². The predicted molar refractivity (Wildman–Crippen MR) is 82.5 cm³/mol. The molecule has 1 aromatic carbocycles. The molecule has 1 heterocycles. The Bertz CT molecular complexity index is 587. The van der Waals surface area contributed by atoms with Gasteiger partial charge < -0.3 is 9.47 Å². The summed E-state index contributed by atoms with van der Waals surface area (Å²) in [5.74, 6) is -0.580. The van der Waals surface area contributed by atoms with E-state index in [4.69, 9.17) is 9.47 Å². The number of benzene rings is 1. The molecular weight excluding hydrogens is 383 g/mol. The third kappa shape index (κ3) is 2.00. The van der Waals surface area contributed by atoms with Gasteiger partial charge in [0.15, 0.2) is 0 Å². The normalized spacial score (nSPS) is 39.4. The van der Waals surface area contributed by atoms with Crippen molar-refractivity contribution in [2.75, 3.05) is 0 Å². The average Bonchev–Trinajstić information content (AvgIpc) is 3.10. The van der Waals surface area contributed by atoms with Crippen LogP contribution in [-0.2, 0) is 25.7 Å². The second kappa shape index (κ2) is 4.97. The zero-order chi connectivity index (χ0) is 14.6. The molecule has 0 spiro atoms. The number of carbonyl (C=O) groups excluding carboxylic acids is 2. The number of hydrogen-bond donors (Lipinski definition) is 0. The first kappa shape index (κ1) is 13.5. The second-order valence-corrected chi connectivity index (χ2v) is 7.49. The molecule has 3 fully saturated rings. The third-order valence-corrected chi connectivity index (χ3v) is 6.65. The lowest BCUT2D eigenvalue weighted by Crippen LogP contribution is -2.38. The minimum Gasteiger partial charge on any atom is -0.461 e. The maximum atomic E-state index is 12.5. The summed E-state index contributed by atoms with van der Waals surface area (Å²) in [5, 5.41) is 0. The zero-order valence-corrected chi connectivity index (χ0v) is 13.4. The van der Waals surface area contributed by atoms with Crippen molar-refractivity contribution in [2.45, 2.75) is 23.1 Å². The van der Waals surface area contributed by atoms with Crippen molar-refractivity contribution in [3.05, 3.63) is 35.9 Å². The molecule has 0 amide bonds. The Morgan fingerprint density at radius 3 is 2.81 bits per heavy atom. The summed E-state index contributed by atoms with van der Waals surface area (Å²) < 4.78 is 11.1. The standard InChI is InChI=1S/C16H15IO4/c17-13-9-6-10-12(16(19)21-14(10)13)11(9)15(18)20-7-8-4-2-1-3-5-8/h1-5,9-14H,6-7H2/t9-,10-,11-,12?,13-,14?/m0/s1. The largest absolute Gasteiger partial charge is 0.461 e.